The summed E-state index contributed by atoms with van der Waals surface area (Å²) in [7, 11) is 1.61. The van der Waals surface area contributed by atoms with Crippen LogP contribution in [0.25, 0.3) is 0 Å². The number of carboxylic acid groups (broad SMARTS) is 1. The van der Waals surface area contributed by atoms with Crippen LogP contribution in [0.5, 0.6) is 0 Å². The maximum absolute atomic E-state index is 11.8. The first-order chi connectivity index (χ1) is 8.00. The lowest BCUT2D eigenvalue weighted by atomic mass is 10.2. The van der Waals surface area contributed by atoms with Gasteiger partial charge in [0.05, 0.1) is 11.9 Å². The molecule has 92 valence electrons. The Morgan fingerprint density at radius 3 is 2.71 bits per heavy atom. The summed E-state index contributed by atoms with van der Waals surface area (Å²) >= 11 is 0. The van der Waals surface area contributed by atoms with Crippen LogP contribution in [0, 0.1) is 0 Å². The van der Waals surface area contributed by atoms with Gasteiger partial charge in [0.25, 0.3) is 5.91 Å². The zero-order valence-corrected chi connectivity index (χ0v) is 9.59. The van der Waals surface area contributed by atoms with E-state index in [1.807, 2.05) is 0 Å². The number of rotatable bonds is 5. The molecule has 3 N–H and O–H groups in total. The summed E-state index contributed by atoms with van der Waals surface area (Å²) in [5.41, 5.74) is 6.26. The standard InChI is InChI=1S/C11H15N3O3/c1-14(6-2-3-10(15)16)11(17)9-5-4-8(12)7-13-9/h4-5,7H,2-3,6,12H2,1H3,(H,15,16). The third-order valence-corrected chi connectivity index (χ3v) is 2.24. The van der Waals surface area contributed by atoms with E-state index in [4.69, 9.17) is 10.8 Å². The molecule has 0 saturated carbocycles. The van der Waals surface area contributed by atoms with Crippen molar-refractivity contribution < 1.29 is 14.7 Å². The number of carbonyl (C=O) groups is 2. The summed E-state index contributed by atoms with van der Waals surface area (Å²) in [6.07, 6.45) is 1.89. The van der Waals surface area contributed by atoms with Gasteiger partial charge in [0, 0.05) is 20.0 Å². The monoisotopic (exact) mass is 237 g/mol. The number of amides is 1. The van der Waals surface area contributed by atoms with Crippen LogP contribution in [0.15, 0.2) is 18.3 Å². The molecule has 0 fully saturated rings. The predicted octanol–water partition coefficient (Wildman–Crippen LogP) is 0.601. The van der Waals surface area contributed by atoms with Gasteiger partial charge in [-0.2, -0.15) is 0 Å². The summed E-state index contributed by atoms with van der Waals surface area (Å²) in [5.74, 6) is -1.10. The Morgan fingerprint density at radius 2 is 2.18 bits per heavy atom. The van der Waals surface area contributed by atoms with Crippen molar-refractivity contribution in [2.24, 2.45) is 0 Å². The lowest BCUT2D eigenvalue weighted by Gasteiger charge is -2.15. The fourth-order valence-corrected chi connectivity index (χ4v) is 1.30. The second-order valence-electron chi connectivity index (χ2n) is 3.70. The number of nitrogens with two attached hydrogens (primary N) is 1. The number of nitrogens with zero attached hydrogens (tertiary/aromatic N) is 2. The van der Waals surface area contributed by atoms with Crippen molar-refractivity contribution in [1.29, 1.82) is 0 Å². The molecule has 0 aliphatic heterocycles. The molecule has 0 unspecified atom stereocenters. The zero-order chi connectivity index (χ0) is 12.8. The van der Waals surface area contributed by atoms with E-state index in [0.29, 0.717) is 24.3 Å². The third kappa shape index (κ3) is 4.10. The maximum atomic E-state index is 11.8. The Hall–Kier alpha value is -2.11. The van der Waals surface area contributed by atoms with Crippen molar-refractivity contribution in [3.63, 3.8) is 0 Å². The molecule has 1 amide bonds. The van der Waals surface area contributed by atoms with E-state index in [0.717, 1.165) is 0 Å². The molecule has 1 rings (SSSR count). The molecule has 0 atom stereocenters. The fourth-order valence-electron chi connectivity index (χ4n) is 1.30. The lowest BCUT2D eigenvalue weighted by molar-refractivity contribution is -0.137. The Balaban J connectivity index is 2.51. The molecule has 0 saturated heterocycles. The van der Waals surface area contributed by atoms with Crippen LogP contribution in [0.1, 0.15) is 23.3 Å². The summed E-state index contributed by atoms with van der Waals surface area (Å²) in [6.45, 7) is 0.386. The van der Waals surface area contributed by atoms with Crippen molar-refractivity contribution in [2.75, 3.05) is 19.3 Å². The SMILES string of the molecule is CN(CCCC(=O)O)C(=O)c1ccc(N)cn1. The second kappa shape index (κ2) is 5.83. The number of carboxylic acids is 1. The topological polar surface area (TPSA) is 96.5 Å². The molecule has 1 aromatic heterocycles. The maximum Gasteiger partial charge on any atom is 0.303 e. The Labute approximate surface area is 99.1 Å². The average molecular weight is 237 g/mol. The first kappa shape index (κ1) is 13.0. The largest absolute Gasteiger partial charge is 0.481 e. The average Bonchev–Trinajstić information content (AvgIpc) is 2.28. The highest BCUT2D eigenvalue weighted by Gasteiger charge is 2.12. The molecule has 0 radical (unpaired) electrons. The Bertz CT molecular complexity index is 403. The minimum atomic E-state index is -0.864. The van der Waals surface area contributed by atoms with Crippen LogP contribution < -0.4 is 5.73 Å². The molecule has 1 aromatic rings. The number of pyridine rings is 1. The number of aliphatic carboxylic acids is 1. The van der Waals surface area contributed by atoms with Crippen LogP contribution >= 0.6 is 0 Å². The number of nitrogen functional groups attached to an aromatic ring is 1. The van der Waals surface area contributed by atoms with Crippen molar-refractivity contribution >= 4 is 17.6 Å². The van der Waals surface area contributed by atoms with E-state index in [9.17, 15) is 9.59 Å². The number of anilines is 1. The molecule has 0 bridgehead atoms. The number of hydrogen-bond acceptors (Lipinski definition) is 4. The van der Waals surface area contributed by atoms with Gasteiger partial charge in [0.1, 0.15) is 5.69 Å². The normalized spacial score (nSPS) is 9.94. The zero-order valence-electron chi connectivity index (χ0n) is 9.59. The molecule has 6 heteroatoms. The van der Waals surface area contributed by atoms with Crippen LogP contribution in [0.3, 0.4) is 0 Å². The number of aromatic nitrogens is 1. The minimum Gasteiger partial charge on any atom is -0.481 e. The summed E-state index contributed by atoms with van der Waals surface area (Å²) < 4.78 is 0. The molecule has 1 heterocycles. The van der Waals surface area contributed by atoms with E-state index < -0.39 is 5.97 Å². The first-order valence-corrected chi connectivity index (χ1v) is 5.19. The minimum absolute atomic E-state index is 0.0484. The smallest absolute Gasteiger partial charge is 0.303 e. The van der Waals surface area contributed by atoms with Crippen LogP contribution in [0.4, 0.5) is 5.69 Å². The molecule has 0 aliphatic rings. The fraction of sp³-hybridized carbons (Fsp3) is 0.364. The van der Waals surface area contributed by atoms with Gasteiger partial charge in [-0.1, -0.05) is 0 Å². The van der Waals surface area contributed by atoms with Crippen LogP contribution in [0.2, 0.25) is 0 Å². The van der Waals surface area contributed by atoms with Gasteiger partial charge in [-0.05, 0) is 18.6 Å². The highest BCUT2D eigenvalue weighted by Crippen LogP contribution is 2.05. The molecular formula is C11H15N3O3. The van der Waals surface area contributed by atoms with E-state index in [1.165, 1.54) is 11.1 Å². The van der Waals surface area contributed by atoms with E-state index >= 15 is 0 Å². The molecule has 0 aliphatic carbocycles. The molecule has 17 heavy (non-hydrogen) atoms. The quantitative estimate of drug-likeness (QED) is 0.781. The van der Waals surface area contributed by atoms with Gasteiger partial charge in [-0.25, -0.2) is 4.98 Å². The Kier molecular flexibility index (Phi) is 4.45. The van der Waals surface area contributed by atoms with E-state index in [1.54, 1.807) is 19.2 Å². The van der Waals surface area contributed by atoms with E-state index in [-0.39, 0.29) is 12.3 Å². The van der Waals surface area contributed by atoms with Crippen LogP contribution in [-0.2, 0) is 4.79 Å². The van der Waals surface area contributed by atoms with Crippen molar-refractivity contribution in [3.8, 4) is 0 Å². The molecule has 6 nitrogen and oxygen atoms in total. The van der Waals surface area contributed by atoms with Crippen molar-refractivity contribution in [2.45, 2.75) is 12.8 Å². The molecule has 0 spiro atoms. The number of carbonyl (C=O) groups excluding carboxylic acids is 1. The Morgan fingerprint density at radius 1 is 1.47 bits per heavy atom. The van der Waals surface area contributed by atoms with Gasteiger partial charge in [0.15, 0.2) is 0 Å². The highest BCUT2D eigenvalue weighted by atomic mass is 16.4. The van der Waals surface area contributed by atoms with Crippen molar-refractivity contribution in [3.05, 3.63) is 24.0 Å². The molecular weight excluding hydrogens is 222 g/mol. The van der Waals surface area contributed by atoms with Crippen molar-refractivity contribution in [1.82, 2.24) is 9.88 Å². The third-order valence-electron chi connectivity index (χ3n) is 2.24. The van der Waals surface area contributed by atoms with Gasteiger partial charge in [0.2, 0.25) is 0 Å². The van der Waals surface area contributed by atoms with Gasteiger partial charge < -0.3 is 15.7 Å². The molecule has 0 aromatic carbocycles. The summed E-state index contributed by atoms with van der Waals surface area (Å²) in [6, 6.07) is 3.15. The van der Waals surface area contributed by atoms with Gasteiger partial charge in [-0.3, -0.25) is 9.59 Å². The van der Waals surface area contributed by atoms with Gasteiger partial charge in [-0.15, -0.1) is 0 Å². The number of hydrogen-bond donors (Lipinski definition) is 2. The van der Waals surface area contributed by atoms with Crippen LogP contribution in [-0.4, -0.2) is 40.5 Å². The predicted molar refractivity (Wildman–Crippen MR) is 62.5 cm³/mol. The summed E-state index contributed by atoms with van der Waals surface area (Å²) in [5, 5.41) is 8.48. The second-order valence-corrected chi connectivity index (χ2v) is 3.70. The van der Waals surface area contributed by atoms with E-state index in [2.05, 4.69) is 4.98 Å². The summed E-state index contributed by atoms with van der Waals surface area (Å²) in [4.78, 5) is 27.5. The highest BCUT2D eigenvalue weighted by molar-refractivity contribution is 5.92. The first-order valence-electron chi connectivity index (χ1n) is 5.19. The van der Waals surface area contributed by atoms with Gasteiger partial charge >= 0.3 is 5.97 Å². The lowest BCUT2D eigenvalue weighted by Crippen LogP contribution is -2.28.